The summed E-state index contributed by atoms with van der Waals surface area (Å²) in [7, 11) is -0.393. The quantitative estimate of drug-likeness (QED) is 0.260. The van der Waals surface area contributed by atoms with Crippen LogP contribution in [-0.2, 0) is 9.31 Å². The minimum absolute atomic E-state index is 0.374. The van der Waals surface area contributed by atoms with Crippen LogP contribution in [0.1, 0.15) is 27.7 Å². The van der Waals surface area contributed by atoms with E-state index in [2.05, 4.69) is 131 Å². The fourth-order valence-corrected chi connectivity index (χ4v) is 5.09. The molecule has 5 aromatic rings. The molecule has 1 heterocycles. The van der Waals surface area contributed by atoms with E-state index in [0.29, 0.717) is 0 Å². The zero-order valence-corrected chi connectivity index (χ0v) is 20.7. The maximum absolute atomic E-state index is 6.38. The Morgan fingerprint density at radius 2 is 1.14 bits per heavy atom. The molecule has 0 unspecified atom stereocenters. The van der Waals surface area contributed by atoms with Gasteiger partial charge >= 0.3 is 7.12 Å². The van der Waals surface area contributed by atoms with Crippen molar-refractivity contribution < 1.29 is 9.31 Å². The third-order valence-electron chi connectivity index (χ3n) is 7.71. The minimum atomic E-state index is -0.393. The molecular weight excluding hydrogens is 427 g/mol. The summed E-state index contributed by atoms with van der Waals surface area (Å²) in [4.78, 5) is 0. The van der Waals surface area contributed by atoms with E-state index < -0.39 is 7.12 Å². The third kappa shape index (κ3) is 3.67. The molecule has 35 heavy (non-hydrogen) atoms. The normalized spacial score (nSPS) is 16.7. The Labute approximate surface area is 207 Å². The van der Waals surface area contributed by atoms with Gasteiger partial charge in [0.15, 0.2) is 0 Å². The van der Waals surface area contributed by atoms with Gasteiger partial charge in [0.25, 0.3) is 0 Å². The summed E-state index contributed by atoms with van der Waals surface area (Å²) in [6.07, 6.45) is 0. The molecule has 0 aromatic heterocycles. The third-order valence-corrected chi connectivity index (χ3v) is 7.71. The molecule has 0 atom stereocenters. The second-order valence-corrected chi connectivity index (χ2v) is 10.4. The molecule has 1 fully saturated rings. The molecule has 0 aliphatic carbocycles. The lowest BCUT2D eigenvalue weighted by molar-refractivity contribution is 0.00578. The van der Waals surface area contributed by atoms with Crippen molar-refractivity contribution in [2.75, 3.05) is 0 Å². The predicted octanol–water partition coefficient (Wildman–Crippen LogP) is 7.63. The fraction of sp³-hybridized carbons (Fsp3) is 0.188. The van der Waals surface area contributed by atoms with Crippen LogP contribution in [0.15, 0.2) is 103 Å². The SMILES string of the molecule is CC1(C)OB(c2cccc(-c3c(-c4cccc5ccccc45)ccc4ccccc34)c2)OC1(C)C. The van der Waals surface area contributed by atoms with Crippen molar-refractivity contribution in [3.8, 4) is 22.3 Å². The van der Waals surface area contributed by atoms with Gasteiger partial charge in [0.2, 0.25) is 0 Å². The van der Waals surface area contributed by atoms with Crippen molar-refractivity contribution in [2.45, 2.75) is 38.9 Å². The Hall–Kier alpha value is -3.40. The molecule has 0 N–H and O–H groups in total. The smallest absolute Gasteiger partial charge is 0.399 e. The van der Waals surface area contributed by atoms with Gasteiger partial charge in [0, 0.05) is 0 Å². The van der Waals surface area contributed by atoms with Crippen molar-refractivity contribution >= 4 is 34.1 Å². The summed E-state index contributed by atoms with van der Waals surface area (Å²) >= 11 is 0. The Morgan fingerprint density at radius 1 is 0.543 bits per heavy atom. The molecule has 1 saturated heterocycles. The van der Waals surface area contributed by atoms with E-state index in [-0.39, 0.29) is 11.2 Å². The van der Waals surface area contributed by atoms with Crippen molar-refractivity contribution in [3.05, 3.63) is 103 Å². The molecular formula is C32H29BO2. The van der Waals surface area contributed by atoms with Crippen LogP contribution in [0.4, 0.5) is 0 Å². The van der Waals surface area contributed by atoms with Crippen LogP contribution in [0.25, 0.3) is 43.8 Å². The molecule has 172 valence electrons. The van der Waals surface area contributed by atoms with Gasteiger partial charge < -0.3 is 9.31 Å². The molecule has 5 aromatic carbocycles. The lowest BCUT2D eigenvalue weighted by Gasteiger charge is -2.32. The number of benzene rings is 5. The first-order valence-corrected chi connectivity index (χ1v) is 12.3. The van der Waals surface area contributed by atoms with Crippen molar-refractivity contribution in [1.29, 1.82) is 0 Å². The maximum Gasteiger partial charge on any atom is 0.494 e. The van der Waals surface area contributed by atoms with Gasteiger partial charge in [-0.25, -0.2) is 0 Å². The standard InChI is InChI=1S/C32H29BO2/c1-31(2)32(3,4)35-33(34-31)25-15-9-14-24(21-25)30-27-17-8-6-12-23(27)19-20-29(30)28-18-10-13-22-11-5-7-16-26(22)28/h5-21H,1-4H3. The molecule has 3 heteroatoms. The second-order valence-electron chi connectivity index (χ2n) is 10.4. The van der Waals surface area contributed by atoms with E-state index in [1.807, 2.05) is 0 Å². The highest BCUT2D eigenvalue weighted by atomic mass is 16.7. The van der Waals surface area contributed by atoms with Gasteiger partial charge in [-0.2, -0.15) is 0 Å². The van der Waals surface area contributed by atoms with E-state index in [0.717, 1.165) is 11.0 Å². The second kappa shape index (κ2) is 8.08. The largest absolute Gasteiger partial charge is 0.494 e. The van der Waals surface area contributed by atoms with Gasteiger partial charge in [-0.05, 0) is 77.0 Å². The van der Waals surface area contributed by atoms with Gasteiger partial charge in [-0.3, -0.25) is 0 Å². The maximum atomic E-state index is 6.38. The van der Waals surface area contributed by atoms with Crippen LogP contribution in [-0.4, -0.2) is 18.3 Å². The predicted molar refractivity (Wildman–Crippen MR) is 148 cm³/mol. The van der Waals surface area contributed by atoms with Gasteiger partial charge in [-0.15, -0.1) is 0 Å². The van der Waals surface area contributed by atoms with Crippen LogP contribution in [0.2, 0.25) is 0 Å². The molecule has 6 rings (SSSR count). The molecule has 0 bridgehead atoms. The van der Waals surface area contributed by atoms with Gasteiger partial charge in [0.05, 0.1) is 11.2 Å². The number of hydrogen-bond acceptors (Lipinski definition) is 2. The first-order chi connectivity index (χ1) is 16.8. The summed E-state index contributed by atoms with van der Waals surface area (Å²) in [6, 6.07) is 36.9. The monoisotopic (exact) mass is 456 g/mol. The molecule has 1 aliphatic rings. The summed E-state index contributed by atoms with van der Waals surface area (Å²) < 4.78 is 12.8. The zero-order valence-electron chi connectivity index (χ0n) is 20.7. The lowest BCUT2D eigenvalue weighted by Crippen LogP contribution is -2.41. The van der Waals surface area contributed by atoms with Crippen LogP contribution < -0.4 is 5.46 Å². The van der Waals surface area contributed by atoms with E-state index in [4.69, 9.17) is 9.31 Å². The van der Waals surface area contributed by atoms with E-state index >= 15 is 0 Å². The highest BCUT2D eigenvalue weighted by molar-refractivity contribution is 6.62. The van der Waals surface area contributed by atoms with Crippen LogP contribution in [0.3, 0.4) is 0 Å². The molecule has 0 spiro atoms. The highest BCUT2D eigenvalue weighted by Crippen LogP contribution is 2.41. The number of hydrogen-bond donors (Lipinski definition) is 0. The van der Waals surface area contributed by atoms with Gasteiger partial charge in [-0.1, -0.05) is 103 Å². The van der Waals surface area contributed by atoms with Crippen molar-refractivity contribution in [2.24, 2.45) is 0 Å². The summed E-state index contributed by atoms with van der Waals surface area (Å²) in [5.74, 6) is 0. The van der Waals surface area contributed by atoms with E-state index in [1.54, 1.807) is 0 Å². The zero-order chi connectivity index (χ0) is 24.2. The number of fused-ring (bicyclic) bond motifs is 2. The highest BCUT2D eigenvalue weighted by Gasteiger charge is 2.51. The molecule has 1 aliphatic heterocycles. The number of rotatable bonds is 3. The molecule has 0 amide bonds. The summed E-state index contributed by atoms with van der Waals surface area (Å²) in [5.41, 5.74) is 5.16. The average Bonchev–Trinajstić information content (AvgIpc) is 3.09. The van der Waals surface area contributed by atoms with Crippen LogP contribution >= 0.6 is 0 Å². The first kappa shape index (κ1) is 22.1. The van der Waals surface area contributed by atoms with Gasteiger partial charge in [0.1, 0.15) is 0 Å². The van der Waals surface area contributed by atoms with Crippen molar-refractivity contribution in [3.63, 3.8) is 0 Å². The fourth-order valence-electron chi connectivity index (χ4n) is 5.09. The Balaban J connectivity index is 1.57. The lowest BCUT2D eigenvalue weighted by atomic mass is 9.77. The summed E-state index contributed by atoms with van der Waals surface area (Å²) in [5, 5.41) is 4.97. The molecule has 0 saturated carbocycles. The van der Waals surface area contributed by atoms with E-state index in [1.165, 1.54) is 38.2 Å². The molecule has 2 nitrogen and oxygen atoms in total. The topological polar surface area (TPSA) is 18.5 Å². The average molecular weight is 456 g/mol. The minimum Gasteiger partial charge on any atom is -0.399 e. The van der Waals surface area contributed by atoms with Crippen molar-refractivity contribution in [1.82, 2.24) is 0 Å². The molecule has 0 radical (unpaired) electrons. The first-order valence-electron chi connectivity index (χ1n) is 12.3. The Bertz CT molecular complexity index is 1550. The van der Waals surface area contributed by atoms with Crippen LogP contribution in [0, 0.1) is 0 Å². The van der Waals surface area contributed by atoms with Crippen LogP contribution in [0.5, 0.6) is 0 Å². The Kier molecular flexibility index (Phi) is 5.10. The Morgan fingerprint density at radius 3 is 1.89 bits per heavy atom. The van der Waals surface area contributed by atoms with E-state index in [9.17, 15) is 0 Å². The summed E-state index contributed by atoms with van der Waals surface area (Å²) in [6.45, 7) is 8.39.